The van der Waals surface area contributed by atoms with Gasteiger partial charge in [-0.3, -0.25) is 4.79 Å². The van der Waals surface area contributed by atoms with Gasteiger partial charge in [0.1, 0.15) is 24.4 Å². The fourth-order valence-corrected chi connectivity index (χ4v) is 4.38. The Labute approximate surface area is 198 Å². The molecule has 0 aliphatic heterocycles. The number of carbonyl (C=O) groups is 1. The lowest BCUT2D eigenvalue weighted by Gasteiger charge is -2.15. The fraction of sp³-hybridized carbons (Fsp3) is 0.478. The lowest BCUT2D eigenvalue weighted by molar-refractivity contribution is -0.117. The van der Waals surface area contributed by atoms with E-state index in [4.69, 9.17) is 14.2 Å². The number of methoxy groups -OCH3 is 2. The molecule has 0 bridgehead atoms. The van der Waals surface area contributed by atoms with Crippen LogP contribution in [0.1, 0.15) is 6.42 Å². The molecular formula is C23H30FN5O4Si. The summed E-state index contributed by atoms with van der Waals surface area (Å²) in [5.41, 5.74) is 2.03. The van der Waals surface area contributed by atoms with Gasteiger partial charge in [-0.25, -0.2) is 9.37 Å². The molecule has 1 aliphatic carbocycles. The van der Waals surface area contributed by atoms with Crippen LogP contribution < -0.4 is 14.8 Å². The van der Waals surface area contributed by atoms with Crippen LogP contribution in [0.5, 0.6) is 11.6 Å². The number of alkyl halides is 1. The van der Waals surface area contributed by atoms with Crippen molar-refractivity contribution in [1.29, 1.82) is 0 Å². The molecule has 1 saturated carbocycles. The lowest BCUT2D eigenvalue weighted by Crippen LogP contribution is -2.22. The number of aromatic nitrogens is 4. The molecule has 3 aromatic rings. The maximum atomic E-state index is 13.3. The van der Waals surface area contributed by atoms with E-state index in [0.29, 0.717) is 35.3 Å². The molecule has 0 radical (unpaired) electrons. The van der Waals surface area contributed by atoms with Crippen LogP contribution in [-0.4, -0.2) is 60.7 Å². The van der Waals surface area contributed by atoms with Crippen molar-refractivity contribution >= 4 is 30.8 Å². The van der Waals surface area contributed by atoms with E-state index >= 15 is 0 Å². The molecule has 1 aliphatic rings. The van der Waals surface area contributed by atoms with E-state index in [1.807, 2.05) is 16.8 Å². The van der Waals surface area contributed by atoms with Crippen molar-refractivity contribution in [2.24, 2.45) is 5.92 Å². The van der Waals surface area contributed by atoms with Gasteiger partial charge in [0, 0.05) is 31.8 Å². The smallest absolute Gasteiger partial charge is 0.244 e. The van der Waals surface area contributed by atoms with Crippen LogP contribution in [0, 0.1) is 5.92 Å². The average molecular weight is 488 g/mol. The van der Waals surface area contributed by atoms with Crippen LogP contribution in [-0.2, 0) is 16.3 Å². The number of rotatable bonds is 10. The Morgan fingerprint density at radius 2 is 2.03 bits per heavy atom. The molecule has 2 unspecified atom stereocenters. The second-order valence-electron chi connectivity index (χ2n) is 9.57. The second kappa shape index (κ2) is 9.67. The van der Waals surface area contributed by atoms with Crippen LogP contribution in [0.15, 0.2) is 24.5 Å². The SMILES string of the molecule is COc1cnnc(OC)c1-c1cn(COCC[Si](C)(C)C)c2nc(NC(=O)C3CC3F)ccc12. The summed E-state index contributed by atoms with van der Waals surface area (Å²) in [7, 11) is 1.84. The van der Waals surface area contributed by atoms with E-state index in [1.54, 1.807) is 13.2 Å². The number of fused-ring (bicyclic) bond motifs is 1. The Balaban J connectivity index is 1.72. The van der Waals surface area contributed by atoms with Crippen molar-refractivity contribution in [3.8, 4) is 22.8 Å². The largest absolute Gasteiger partial charge is 0.494 e. The van der Waals surface area contributed by atoms with Crippen molar-refractivity contribution in [3.05, 3.63) is 24.5 Å². The predicted octanol–water partition coefficient (Wildman–Crippen LogP) is 4.12. The minimum absolute atomic E-state index is 0.258. The van der Waals surface area contributed by atoms with E-state index in [9.17, 15) is 9.18 Å². The highest BCUT2D eigenvalue weighted by molar-refractivity contribution is 6.76. The number of nitrogens with zero attached hydrogens (tertiary/aromatic N) is 4. The Bertz CT molecular complexity index is 1170. The van der Waals surface area contributed by atoms with Gasteiger partial charge in [-0.2, -0.15) is 5.10 Å². The third-order valence-corrected chi connectivity index (χ3v) is 7.42. The zero-order valence-corrected chi connectivity index (χ0v) is 21.1. The van der Waals surface area contributed by atoms with Gasteiger partial charge in [0.05, 0.1) is 31.9 Å². The molecule has 0 aromatic carbocycles. The molecule has 34 heavy (non-hydrogen) atoms. The van der Waals surface area contributed by atoms with Crippen LogP contribution in [0.2, 0.25) is 25.7 Å². The Morgan fingerprint density at radius 1 is 1.26 bits per heavy atom. The van der Waals surface area contributed by atoms with Crippen molar-refractivity contribution in [2.75, 3.05) is 26.1 Å². The van der Waals surface area contributed by atoms with Crippen LogP contribution in [0.4, 0.5) is 10.2 Å². The van der Waals surface area contributed by atoms with E-state index in [2.05, 4.69) is 40.1 Å². The third-order valence-electron chi connectivity index (χ3n) is 5.72. The van der Waals surface area contributed by atoms with E-state index in [0.717, 1.165) is 17.0 Å². The van der Waals surface area contributed by atoms with E-state index in [-0.39, 0.29) is 19.1 Å². The number of carbonyl (C=O) groups excluding carboxylic acids is 1. The Morgan fingerprint density at radius 3 is 2.68 bits per heavy atom. The molecule has 182 valence electrons. The predicted molar refractivity (Wildman–Crippen MR) is 130 cm³/mol. The van der Waals surface area contributed by atoms with Gasteiger partial charge in [0.2, 0.25) is 11.8 Å². The third kappa shape index (κ3) is 5.20. The van der Waals surface area contributed by atoms with Crippen LogP contribution in [0.3, 0.4) is 0 Å². The van der Waals surface area contributed by atoms with Gasteiger partial charge in [-0.15, -0.1) is 5.10 Å². The summed E-state index contributed by atoms with van der Waals surface area (Å²) in [5.74, 6) is 0.229. The molecule has 0 spiro atoms. The van der Waals surface area contributed by atoms with E-state index in [1.165, 1.54) is 13.3 Å². The number of hydrogen-bond donors (Lipinski definition) is 1. The topological polar surface area (TPSA) is 100 Å². The highest BCUT2D eigenvalue weighted by Gasteiger charge is 2.43. The Hall–Kier alpha value is -3.05. The first-order chi connectivity index (χ1) is 16.2. The number of pyridine rings is 1. The minimum atomic E-state index is -1.24. The maximum absolute atomic E-state index is 13.3. The van der Waals surface area contributed by atoms with Gasteiger partial charge >= 0.3 is 0 Å². The van der Waals surface area contributed by atoms with Gasteiger partial charge in [0.25, 0.3) is 0 Å². The lowest BCUT2D eigenvalue weighted by atomic mass is 10.1. The van der Waals surface area contributed by atoms with Crippen molar-refractivity contribution < 1.29 is 23.4 Å². The summed E-state index contributed by atoms with van der Waals surface area (Å²) in [6, 6.07) is 4.59. The maximum Gasteiger partial charge on any atom is 0.244 e. The molecule has 9 nitrogen and oxygen atoms in total. The van der Waals surface area contributed by atoms with Crippen molar-refractivity contribution in [1.82, 2.24) is 19.7 Å². The first-order valence-electron chi connectivity index (χ1n) is 11.2. The van der Waals surface area contributed by atoms with Gasteiger partial charge in [-0.1, -0.05) is 19.6 Å². The summed E-state index contributed by atoms with van der Waals surface area (Å²) in [6.07, 6.45) is 2.61. The van der Waals surface area contributed by atoms with E-state index < -0.39 is 20.2 Å². The summed E-state index contributed by atoms with van der Waals surface area (Å²) < 4.78 is 32.1. The number of nitrogens with one attached hydrogen (secondary N) is 1. The van der Waals surface area contributed by atoms with Gasteiger partial charge in [-0.05, 0) is 24.6 Å². The number of hydrogen-bond acceptors (Lipinski definition) is 7. The quantitative estimate of drug-likeness (QED) is 0.339. The number of anilines is 1. The Kier molecular flexibility index (Phi) is 6.85. The number of amides is 1. The fourth-order valence-electron chi connectivity index (χ4n) is 3.63. The molecule has 1 fully saturated rings. The zero-order chi connectivity index (χ0) is 24.5. The molecule has 3 aromatic heterocycles. The summed E-state index contributed by atoms with van der Waals surface area (Å²) in [4.78, 5) is 16.9. The molecule has 3 heterocycles. The van der Waals surface area contributed by atoms with Crippen molar-refractivity contribution in [3.63, 3.8) is 0 Å². The monoisotopic (exact) mass is 487 g/mol. The second-order valence-corrected chi connectivity index (χ2v) is 15.2. The van der Waals surface area contributed by atoms with Gasteiger partial charge < -0.3 is 24.1 Å². The highest BCUT2D eigenvalue weighted by atomic mass is 28.3. The number of ether oxygens (including phenoxy) is 3. The molecule has 1 amide bonds. The molecule has 0 saturated heterocycles. The first-order valence-corrected chi connectivity index (χ1v) is 14.9. The summed E-state index contributed by atoms with van der Waals surface area (Å²) >= 11 is 0. The molecular weight excluding hydrogens is 457 g/mol. The highest BCUT2D eigenvalue weighted by Crippen LogP contribution is 2.41. The standard InChI is InChI=1S/C23H30FN5O4Si/c1-31-18-11-25-28-23(32-2)20(18)16-12-29(13-33-8-9-34(3,4)5)21-14(16)6-7-19(26-21)27-22(30)15-10-17(15)24/h6-7,11-12,15,17H,8-10,13H2,1-5H3,(H,26,27,30). The first kappa shape index (κ1) is 24.1. The van der Waals surface area contributed by atoms with Crippen LogP contribution >= 0.6 is 0 Å². The normalized spacial score (nSPS) is 17.6. The van der Waals surface area contributed by atoms with Crippen LogP contribution in [0.25, 0.3) is 22.2 Å². The molecule has 2 atom stereocenters. The number of halogens is 1. The zero-order valence-electron chi connectivity index (χ0n) is 20.1. The summed E-state index contributed by atoms with van der Waals surface area (Å²) in [5, 5.41) is 11.5. The molecule has 11 heteroatoms. The van der Waals surface area contributed by atoms with Gasteiger partial charge in [0.15, 0.2) is 5.75 Å². The summed E-state index contributed by atoms with van der Waals surface area (Å²) in [6.45, 7) is 7.82. The van der Waals surface area contributed by atoms with Crippen molar-refractivity contribution in [2.45, 2.75) is 45.0 Å². The average Bonchev–Trinajstić information content (AvgIpc) is 3.44. The molecule has 1 N–H and O–H groups in total. The molecule has 4 rings (SSSR count). The minimum Gasteiger partial charge on any atom is -0.494 e.